The third kappa shape index (κ3) is 4.49. The number of amides is 2. The SMILES string of the molecule is CC(=O)N1CCc2cc(S(=O)(=O)NNC(=O)c3ccc(C(C)(C)C)cc3)ccc21. The fourth-order valence-electron chi connectivity index (χ4n) is 3.24. The molecule has 0 aromatic heterocycles. The summed E-state index contributed by atoms with van der Waals surface area (Å²) in [6.45, 7) is 8.22. The predicted molar refractivity (Wildman–Crippen MR) is 111 cm³/mol. The van der Waals surface area contributed by atoms with E-state index in [0.29, 0.717) is 18.5 Å². The summed E-state index contributed by atoms with van der Waals surface area (Å²) >= 11 is 0. The van der Waals surface area contributed by atoms with Crippen LogP contribution in [0, 0.1) is 0 Å². The van der Waals surface area contributed by atoms with Crippen molar-refractivity contribution in [1.82, 2.24) is 10.3 Å². The molecule has 0 aliphatic carbocycles. The maximum Gasteiger partial charge on any atom is 0.266 e. The van der Waals surface area contributed by atoms with Crippen molar-refractivity contribution in [3.05, 3.63) is 59.2 Å². The Morgan fingerprint density at radius 1 is 1.03 bits per heavy atom. The molecule has 2 aromatic carbocycles. The van der Waals surface area contributed by atoms with Gasteiger partial charge in [0.25, 0.3) is 15.9 Å². The minimum absolute atomic E-state index is 0.0324. The Balaban J connectivity index is 1.70. The summed E-state index contributed by atoms with van der Waals surface area (Å²) in [7, 11) is -3.94. The van der Waals surface area contributed by atoms with E-state index in [1.807, 2.05) is 12.1 Å². The zero-order valence-corrected chi connectivity index (χ0v) is 17.8. The van der Waals surface area contributed by atoms with E-state index in [1.165, 1.54) is 19.1 Å². The zero-order valence-electron chi connectivity index (χ0n) is 16.9. The third-order valence-corrected chi connectivity index (χ3v) is 6.19. The van der Waals surface area contributed by atoms with Crippen molar-refractivity contribution in [1.29, 1.82) is 0 Å². The van der Waals surface area contributed by atoms with Crippen LogP contribution >= 0.6 is 0 Å². The van der Waals surface area contributed by atoms with Gasteiger partial charge in [-0.25, -0.2) is 8.42 Å². The van der Waals surface area contributed by atoms with Crippen LogP contribution in [0.15, 0.2) is 47.4 Å². The number of rotatable bonds is 4. The molecule has 0 bridgehead atoms. The number of hydrazine groups is 1. The molecule has 3 rings (SSSR count). The van der Waals surface area contributed by atoms with Crippen molar-refractivity contribution in [3.8, 4) is 0 Å². The lowest BCUT2D eigenvalue weighted by Crippen LogP contribution is -2.41. The second kappa shape index (κ2) is 7.61. The molecule has 0 saturated carbocycles. The smallest absolute Gasteiger partial charge is 0.266 e. The van der Waals surface area contributed by atoms with Gasteiger partial charge < -0.3 is 4.90 Å². The van der Waals surface area contributed by atoms with Gasteiger partial charge in [-0.05, 0) is 53.3 Å². The molecule has 1 heterocycles. The molecule has 2 amide bonds. The van der Waals surface area contributed by atoms with Crippen LogP contribution in [0.3, 0.4) is 0 Å². The van der Waals surface area contributed by atoms with Gasteiger partial charge in [0.2, 0.25) is 5.91 Å². The van der Waals surface area contributed by atoms with Crippen molar-refractivity contribution in [2.75, 3.05) is 11.4 Å². The zero-order chi connectivity index (χ0) is 21.4. The average molecular weight is 416 g/mol. The van der Waals surface area contributed by atoms with Gasteiger partial charge in [-0.15, -0.1) is 4.83 Å². The molecule has 1 aliphatic heterocycles. The summed E-state index contributed by atoms with van der Waals surface area (Å²) < 4.78 is 25.1. The number of sulfonamides is 1. The van der Waals surface area contributed by atoms with Crippen LogP contribution in [0.2, 0.25) is 0 Å². The molecular formula is C21H25N3O4S. The number of hydrogen-bond acceptors (Lipinski definition) is 4. The molecule has 0 unspecified atom stereocenters. The van der Waals surface area contributed by atoms with Gasteiger partial charge in [-0.1, -0.05) is 32.9 Å². The molecule has 0 saturated heterocycles. The van der Waals surface area contributed by atoms with Gasteiger partial charge in [0.15, 0.2) is 0 Å². The Kier molecular flexibility index (Phi) is 5.51. The fraction of sp³-hybridized carbons (Fsp3) is 0.333. The van der Waals surface area contributed by atoms with Crippen LogP contribution in [0.25, 0.3) is 0 Å². The van der Waals surface area contributed by atoms with Gasteiger partial charge in [-0.3, -0.25) is 15.0 Å². The first-order valence-electron chi connectivity index (χ1n) is 9.33. The normalized spacial score (nSPS) is 13.9. The average Bonchev–Trinajstić information content (AvgIpc) is 3.09. The number of nitrogens with zero attached hydrogens (tertiary/aromatic N) is 1. The molecule has 154 valence electrons. The van der Waals surface area contributed by atoms with Gasteiger partial charge >= 0.3 is 0 Å². The van der Waals surface area contributed by atoms with E-state index in [-0.39, 0.29) is 16.2 Å². The van der Waals surface area contributed by atoms with Crippen LogP contribution in [0.4, 0.5) is 5.69 Å². The van der Waals surface area contributed by atoms with E-state index in [0.717, 1.165) is 16.8 Å². The Labute approximate surface area is 171 Å². The monoisotopic (exact) mass is 415 g/mol. The number of hydrogen-bond donors (Lipinski definition) is 2. The van der Waals surface area contributed by atoms with Crippen LogP contribution in [-0.4, -0.2) is 26.8 Å². The maximum atomic E-state index is 12.6. The molecule has 0 fully saturated rings. The lowest BCUT2D eigenvalue weighted by molar-refractivity contribution is -0.116. The molecule has 7 nitrogen and oxygen atoms in total. The highest BCUT2D eigenvalue weighted by Crippen LogP contribution is 2.30. The number of nitrogens with one attached hydrogen (secondary N) is 2. The number of fused-ring (bicyclic) bond motifs is 1. The standard InChI is InChI=1S/C21H25N3O4S/c1-14(25)24-12-11-16-13-18(9-10-19(16)24)29(27,28)23-22-20(26)15-5-7-17(8-6-15)21(2,3)4/h5-10,13,23H,11-12H2,1-4H3,(H,22,26). The van der Waals surface area contributed by atoms with Crippen LogP contribution in [0.1, 0.15) is 49.2 Å². The predicted octanol–water partition coefficient (Wildman–Crippen LogP) is 2.52. The van der Waals surface area contributed by atoms with E-state index >= 15 is 0 Å². The summed E-state index contributed by atoms with van der Waals surface area (Å²) in [5.41, 5.74) is 5.15. The highest BCUT2D eigenvalue weighted by Gasteiger charge is 2.25. The van der Waals surface area contributed by atoms with Crippen LogP contribution in [-0.2, 0) is 26.7 Å². The van der Waals surface area contributed by atoms with E-state index in [2.05, 4.69) is 31.0 Å². The molecule has 0 spiro atoms. The Hall–Kier alpha value is -2.71. The quantitative estimate of drug-likeness (QED) is 0.750. The van der Waals surface area contributed by atoms with Crippen LogP contribution in [0.5, 0.6) is 0 Å². The molecule has 2 N–H and O–H groups in total. The molecule has 0 atom stereocenters. The highest BCUT2D eigenvalue weighted by atomic mass is 32.2. The van der Waals surface area contributed by atoms with E-state index < -0.39 is 15.9 Å². The van der Waals surface area contributed by atoms with Crippen molar-refractivity contribution in [2.45, 2.75) is 44.4 Å². The maximum absolute atomic E-state index is 12.6. The minimum atomic E-state index is -3.94. The molecule has 29 heavy (non-hydrogen) atoms. The first-order valence-corrected chi connectivity index (χ1v) is 10.8. The number of benzene rings is 2. The topological polar surface area (TPSA) is 95.6 Å². The molecule has 8 heteroatoms. The summed E-state index contributed by atoms with van der Waals surface area (Å²) in [4.78, 5) is 27.7. The summed E-state index contributed by atoms with van der Waals surface area (Å²) in [6.07, 6.45) is 0.588. The van der Waals surface area contributed by atoms with Crippen LogP contribution < -0.4 is 15.2 Å². The van der Waals surface area contributed by atoms with Crippen molar-refractivity contribution >= 4 is 27.5 Å². The Morgan fingerprint density at radius 3 is 2.28 bits per heavy atom. The number of carbonyl (C=O) groups excluding carboxylic acids is 2. The molecule has 2 aromatic rings. The fourth-order valence-corrected chi connectivity index (χ4v) is 4.13. The molecule has 1 aliphatic rings. The van der Waals surface area contributed by atoms with Gasteiger partial charge in [0.1, 0.15) is 0 Å². The van der Waals surface area contributed by atoms with Gasteiger partial charge in [0.05, 0.1) is 4.90 Å². The van der Waals surface area contributed by atoms with Crippen molar-refractivity contribution in [2.24, 2.45) is 0 Å². The third-order valence-electron chi connectivity index (χ3n) is 4.95. The van der Waals surface area contributed by atoms with E-state index in [9.17, 15) is 18.0 Å². The Bertz CT molecular complexity index is 1050. The van der Waals surface area contributed by atoms with Gasteiger partial charge in [-0.2, -0.15) is 0 Å². The lowest BCUT2D eigenvalue weighted by atomic mass is 9.87. The van der Waals surface area contributed by atoms with Crippen molar-refractivity contribution < 1.29 is 18.0 Å². The van der Waals surface area contributed by atoms with Gasteiger partial charge in [0, 0.05) is 24.7 Å². The number of carbonyl (C=O) groups is 2. The first kappa shape index (κ1) is 21.0. The first-order chi connectivity index (χ1) is 13.5. The second-order valence-corrected chi connectivity index (χ2v) is 9.78. The summed E-state index contributed by atoms with van der Waals surface area (Å²) in [5, 5.41) is 0. The van der Waals surface area contributed by atoms with Crippen molar-refractivity contribution in [3.63, 3.8) is 0 Å². The highest BCUT2D eigenvalue weighted by molar-refractivity contribution is 7.89. The van der Waals surface area contributed by atoms with E-state index in [1.54, 1.807) is 23.1 Å². The Morgan fingerprint density at radius 2 is 1.69 bits per heavy atom. The van der Waals surface area contributed by atoms with E-state index in [4.69, 9.17) is 0 Å². The molecule has 0 radical (unpaired) electrons. The lowest BCUT2D eigenvalue weighted by Gasteiger charge is -2.19. The summed E-state index contributed by atoms with van der Waals surface area (Å²) in [6, 6.07) is 11.6. The summed E-state index contributed by atoms with van der Waals surface area (Å²) in [5.74, 6) is -0.625. The second-order valence-electron chi connectivity index (χ2n) is 8.10. The largest absolute Gasteiger partial charge is 0.312 e. The minimum Gasteiger partial charge on any atom is -0.312 e. The number of anilines is 1. The molecular weight excluding hydrogens is 390 g/mol.